The van der Waals surface area contributed by atoms with E-state index in [2.05, 4.69) is 5.32 Å². The van der Waals surface area contributed by atoms with E-state index in [0.717, 1.165) is 18.2 Å². The molecule has 2 N–H and O–H groups in total. The predicted molar refractivity (Wildman–Crippen MR) is 80.5 cm³/mol. The van der Waals surface area contributed by atoms with Crippen LogP contribution in [0.5, 0.6) is 11.5 Å². The lowest BCUT2D eigenvalue weighted by Gasteiger charge is -2.08. The molecule has 0 atom stereocenters. The average Bonchev–Trinajstić information content (AvgIpc) is 2.48. The van der Waals surface area contributed by atoms with Crippen LogP contribution in [-0.2, 0) is 4.79 Å². The molecule has 118 valence electrons. The van der Waals surface area contributed by atoms with Gasteiger partial charge in [0, 0.05) is 24.6 Å². The summed E-state index contributed by atoms with van der Waals surface area (Å²) in [6, 6.07) is 9.10. The van der Waals surface area contributed by atoms with Crippen molar-refractivity contribution < 1.29 is 24.4 Å². The van der Waals surface area contributed by atoms with Gasteiger partial charge >= 0.3 is 5.97 Å². The summed E-state index contributed by atoms with van der Waals surface area (Å²) in [5, 5.41) is 22.8. The summed E-state index contributed by atoms with van der Waals surface area (Å²) < 4.78 is 4.87. The van der Waals surface area contributed by atoms with Gasteiger partial charge in [-0.2, -0.15) is 0 Å². The van der Waals surface area contributed by atoms with Crippen LogP contribution in [0.15, 0.2) is 42.5 Å². The van der Waals surface area contributed by atoms with E-state index in [-0.39, 0.29) is 28.4 Å². The van der Waals surface area contributed by atoms with Crippen molar-refractivity contribution in [2.45, 2.75) is 6.92 Å². The van der Waals surface area contributed by atoms with Gasteiger partial charge in [0.05, 0.1) is 10.6 Å². The summed E-state index contributed by atoms with van der Waals surface area (Å²) in [5.41, 5.74) is -0.205. The van der Waals surface area contributed by atoms with E-state index in [1.165, 1.54) is 31.2 Å². The van der Waals surface area contributed by atoms with E-state index in [1.807, 2.05) is 0 Å². The number of anilines is 1. The molecule has 8 nitrogen and oxygen atoms in total. The van der Waals surface area contributed by atoms with Gasteiger partial charge in [0.25, 0.3) is 11.6 Å². The monoisotopic (exact) mass is 316 g/mol. The summed E-state index contributed by atoms with van der Waals surface area (Å²) in [6.07, 6.45) is 0. The van der Waals surface area contributed by atoms with Gasteiger partial charge in [-0.3, -0.25) is 19.7 Å². The number of ether oxygens (including phenoxy) is 1. The molecule has 0 aliphatic rings. The average molecular weight is 316 g/mol. The van der Waals surface area contributed by atoms with Crippen LogP contribution in [0.3, 0.4) is 0 Å². The fourth-order valence-electron chi connectivity index (χ4n) is 1.80. The molecule has 0 saturated heterocycles. The molecular weight excluding hydrogens is 304 g/mol. The van der Waals surface area contributed by atoms with Gasteiger partial charge in [-0.1, -0.05) is 6.07 Å². The number of nitro groups is 1. The molecule has 23 heavy (non-hydrogen) atoms. The molecule has 1 amide bonds. The topological polar surface area (TPSA) is 119 Å². The number of nitrogens with zero attached hydrogens (tertiary/aromatic N) is 1. The Balaban J connectivity index is 2.24. The van der Waals surface area contributed by atoms with Gasteiger partial charge in [0.2, 0.25) is 0 Å². The van der Waals surface area contributed by atoms with Gasteiger partial charge in [-0.15, -0.1) is 0 Å². The minimum Gasteiger partial charge on any atom is -0.506 e. The van der Waals surface area contributed by atoms with Crippen LogP contribution in [0.4, 0.5) is 11.4 Å². The van der Waals surface area contributed by atoms with Crippen LogP contribution >= 0.6 is 0 Å². The predicted octanol–water partition coefficient (Wildman–Crippen LogP) is 2.48. The third-order valence-corrected chi connectivity index (χ3v) is 2.80. The van der Waals surface area contributed by atoms with Crippen molar-refractivity contribution in [1.29, 1.82) is 0 Å². The first kappa shape index (κ1) is 16.0. The fourth-order valence-corrected chi connectivity index (χ4v) is 1.80. The van der Waals surface area contributed by atoms with Crippen LogP contribution in [0, 0.1) is 10.1 Å². The van der Waals surface area contributed by atoms with E-state index in [9.17, 15) is 24.8 Å². The van der Waals surface area contributed by atoms with E-state index >= 15 is 0 Å². The number of carbonyl (C=O) groups excluding carboxylic acids is 2. The summed E-state index contributed by atoms with van der Waals surface area (Å²) in [5.74, 6) is -1.26. The molecule has 0 saturated carbocycles. The van der Waals surface area contributed by atoms with Crippen molar-refractivity contribution in [3.05, 3.63) is 58.1 Å². The second kappa shape index (κ2) is 6.56. The Morgan fingerprint density at radius 2 is 1.96 bits per heavy atom. The summed E-state index contributed by atoms with van der Waals surface area (Å²) >= 11 is 0. The third-order valence-electron chi connectivity index (χ3n) is 2.80. The quantitative estimate of drug-likeness (QED) is 0.294. The Bertz CT molecular complexity index is 787. The van der Waals surface area contributed by atoms with E-state index in [1.54, 1.807) is 0 Å². The molecule has 0 aliphatic heterocycles. The number of rotatable bonds is 4. The maximum Gasteiger partial charge on any atom is 0.308 e. The zero-order valence-electron chi connectivity index (χ0n) is 12.0. The standard InChI is InChI=1S/C15H12N2O6/c1-9(18)23-12-4-2-3-10(7-12)15(20)16-13-8-11(17(21)22)5-6-14(13)19/h2-8,19H,1H3,(H,16,20). The first-order chi connectivity index (χ1) is 10.9. The highest BCUT2D eigenvalue weighted by molar-refractivity contribution is 6.05. The second-order valence-electron chi connectivity index (χ2n) is 4.53. The van der Waals surface area contributed by atoms with Gasteiger partial charge in [0.1, 0.15) is 11.5 Å². The van der Waals surface area contributed by atoms with Crippen molar-refractivity contribution >= 4 is 23.3 Å². The zero-order valence-corrected chi connectivity index (χ0v) is 12.0. The first-order valence-corrected chi connectivity index (χ1v) is 6.44. The molecule has 2 aromatic carbocycles. The lowest BCUT2D eigenvalue weighted by molar-refractivity contribution is -0.384. The van der Waals surface area contributed by atoms with Crippen LogP contribution in [0.2, 0.25) is 0 Å². The molecular formula is C15H12N2O6. The molecule has 0 spiro atoms. The minimum atomic E-state index is -0.642. The van der Waals surface area contributed by atoms with Gasteiger partial charge in [-0.25, -0.2) is 0 Å². The molecule has 0 unspecified atom stereocenters. The molecule has 0 heterocycles. The van der Waals surface area contributed by atoms with Crippen LogP contribution < -0.4 is 10.1 Å². The first-order valence-electron chi connectivity index (χ1n) is 6.44. The molecule has 0 radical (unpaired) electrons. The van der Waals surface area contributed by atoms with Crippen LogP contribution in [-0.4, -0.2) is 21.9 Å². The number of phenols is 1. The Morgan fingerprint density at radius 3 is 2.61 bits per heavy atom. The number of benzene rings is 2. The minimum absolute atomic E-state index is 0.0953. The molecule has 2 rings (SSSR count). The summed E-state index contributed by atoms with van der Waals surface area (Å²) in [4.78, 5) is 33.2. The molecule has 8 heteroatoms. The Morgan fingerprint density at radius 1 is 1.22 bits per heavy atom. The number of non-ortho nitro benzene ring substituents is 1. The van der Waals surface area contributed by atoms with Gasteiger partial charge in [-0.05, 0) is 24.3 Å². The van der Waals surface area contributed by atoms with E-state index in [0.29, 0.717) is 0 Å². The Labute approximate surface area is 130 Å². The number of aromatic hydroxyl groups is 1. The smallest absolute Gasteiger partial charge is 0.308 e. The fraction of sp³-hybridized carbons (Fsp3) is 0.0667. The Kier molecular flexibility index (Phi) is 4.55. The van der Waals surface area contributed by atoms with E-state index in [4.69, 9.17) is 4.74 Å². The molecule has 2 aromatic rings. The number of amides is 1. The molecule has 0 aliphatic carbocycles. The summed E-state index contributed by atoms with van der Waals surface area (Å²) in [7, 11) is 0. The number of hydrogen-bond donors (Lipinski definition) is 2. The molecule has 0 aromatic heterocycles. The number of carbonyl (C=O) groups is 2. The third kappa shape index (κ3) is 4.03. The number of nitrogens with one attached hydrogen (secondary N) is 1. The van der Waals surface area contributed by atoms with Crippen LogP contribution in [0.25, 0.3) is 0 Å². The number of nitro benzene ring substituents is 1. The zero-order chi connectivity index (χ0) is 17.0. The normalized spacial score (nSPS) is 9.96. The van der Waals surface area contributed by atoms with Crippen molar-refractivity contribution in [2.75, 3.05) is 5.32 Å². The lowest BCUT2D eigenvalue weighted by atomic mass is 10.2. The van der Waals surface area contributed by atoms with Crippen molar-refractivity contribution in [2.24, 2.45) is 0 Å². The van der Waals surface area contributed by atoms with Gasteiger partial charge < -0.3 is 15.2 Å². The number of esters is 1. The lowest BCUT2D eigenvalue weighted by Crippen LogP contribution is -2.12. The highest BCUT2D eigenvalue weighted by Gasteiger charge is 2.14. The van der Waals surface area contributed by atoms with Crippen molar-refractivity contribution in [3.63, 3.8) is 0 Å². The summed E-state index contributed by atoms with van der Waals surface area (Å²) in [6.45, 7) is 1.23. The highest BCUT2D eigenvalue weighted by atomic mass is 16.6. The second-order valence-corrected chi connectivity index (χ2v) is 4.53. The molecule has 0 bridgehead atoms. The van der Waals surface area contributed by atoms with Crippen LogP contribution in [0.1, 0.15) is 17.3 Å². The van der Waals surface area contributed by atoms with Crippen molar-refractivity contribution in [3.8, 4) is 11.5 Å². The highest BCUT2D eigenvalue weighted by Crippen LogP contribution is 2.28. The Hall–Kier alpha value is -3.42. The maximum absolute atomic E-state index is 12.2. The molecule has 0 fully saturated rings. The van der Waals surface area contributed by atoms with E-state index < -0.39 is 16.8 Å². The van der Waals surface area contributed by atoms with Crippen molar-refractivity contribution in [1.82, 2.24) is 0 Å². The number of hydrogen-bond acceptors (Lipinski definition) is 6. The number of phenolic OH excluding ortho intramolecular Hbond substituents is 1. The van der Waals surface area contributed by atoms with Gasteiger partial charge in [0.15, 0.2) is 0 Å². The largest absolute Gasteiger partial charge is 0.506 e. The SMILES string of the molecule is CC(=O)Oc1cccc(C(=O)Nc2cc([N+](=O)[O-])ccc2O)c1. The maximum atomic E-state index is 12.2.